The normalized spacial score (nSPS) is 11.5. The van der Waals surface area contributed by atoms with E-state index in [1.165, 1.54) is 32.2 Å². The van der Waals surface area contributed by atoms with Crippen molar-refractivity contribution in [2.45, 2.75) is 31.8 Å². The van der Waals surface area contributed by atoms with Crippen LogP contribution in [0.15, 0.2) is 35.4 Å². The minimum atomic E-state index is -3.51. The van der Waals surface area contributed by atoms with Crippen LogP contribution in [0.5, 0.6) is 0 Å². The molecule has 0 aliphatic rings. The van der Waals surface area contributed by atoms with Crippen LogP contribution in [0.4, 0.5) is 0 Å². The SMILES string of the molecule is CCN(CC)S(=O)(=O)c1ccc(CNC(=O)c2cn(CC(=O)N(C)C)nn2)cc1. The van der Waals surface area contributed by atoms with Crippen LogP contribution in [0.2, 0.25) is 0 Å². The van der Waals surface area contributed by atoms with E-state index >= 15 is 0 Å². The fraction of sp³-hybridized carbons (Fsp3) is 0.444. The smallest absolute Gasteiger partial charge is 0.273 e. The lowest BCUT2D eigenvalue weighted by Crippen LogP contribution is -2.30. The molecule has 29 heavy (non-hydrogen) atoms. The summed E-state index contributed by atoms with van der Waals surface area (Å²) >= 11 is 0. The molecule has 0 aliphatic carbocycles. The van der Waals surface area contributed by atoms with E-state index in [1.807, 2.05) is 0 Å². The van der Waals surface area contributed by atoms with Crippen molar-refractivity contribution in [1.29, 1.82) is 0 Å². The maximum Gasteiger partial charge on any atom is 0.273 e. The van der Waals surface area contributed by atoms with Crippen LogP contribution in [-0.2, 0) is 27.9 Å². The largest absolute Gasteiger partial charge is 0.347 e. The van der Waals surface area contributed by atoms with E-state index < -0.39 is 15.9 Å². The Morgan fingerprint density at radius 1 is 1.10 bits per heavy atom. The van der Waals surface area contributed by atoms with Gasteiger partial charge in [0.15, 0.2) is 5.69 Å². The lowest BCUT2D eigenvalue weighted by molar-refractivity contribution is -0.129. The number of nitrogens with zero attached hydrogens (tertiary/aromatic N) is 5. The van der Waals surface area contributed by atoms with E-state index in [2.05, 4.69) is 15.6 Å². The number of likely N-dealkylation sites (N-methyl/N-ethyl adjacent to an activating group) is 1. The third-order valence-corrected chi connectivity index (χ3v) is 6.35. The standard InChI is InChI=1S/C18H26N6O4S/c1-5-24(6-2)29(27,28)15-9-7-14(8-10-15)11-19-18(26)16-12-23(21-20-16)13-17(25)22(3)4/h7-10,12H,5-6,11,13H2,1-4H3,(H,19,26). The van der Waals surface area contributed by atoms with E-state index in [1.54, 1.807) is 40.1 Å². The predicted molar refractivity (Wildman–Crippen MR) is 106 cm³/mol. The number of hydrogen-bond donors (Lipinski definition) is 1. The summed E-state index contributed by atoms with van der Waals surface area (Å²) in [4.78, 5) is 25.5. The van der Waals surface area contributed by atoms with Gasteiger partial charge in [0.05, 0.1) is 11.1 Å². The van der Waals surface area contributed by atoms with Crippen LogP contribution < -0.4 is 5.32 Å². The van der Waals surface area contributed by atoms with Crippen molar-refractivity contribution in [3.05, 3.63) is 41.7 Å². The van der Waals surface area contributed by atoms with Crippen LogP contribution >= 0.6 is 0 Å². The van der Waals surface area contributed by atoms with Crippen molar-refractivity contribution in [1.82, 2.24) is 29.5 Å². The van der Waals surface area contributed by atoms with Gasteiger partial charge in [0.2, 0.25) is 15.9 Å². The fourth-order valence-electron chi connectivity index (χ4n) is 2.52. The van der Waals surface area contributed by atoms with Gasteiger partial charge in [0, 0.05) is 33.7 Å². The zero-order valence-corrected chi connectivity index (χ0v) is 17.8. The monoisotopic (exact) mass is 422 g/mol. The second kappa shape index (κ2) is 9.61. The van der Waals surface area contributed by atoms with Crippen molar-refractivity contribution in [2.75, 3.05) is 27.2 Å². The number of amides is 2. The summed E-state index contributed by atoms with van der Waals surface area (Å²) in [5.74, 6) is -0.602. The molecular weight excluding hydrogens is 396 g/mol. The molecule has 1 aromatic heterocycles. The highest BCUT2D eigenvalue weighted by atomic mass is 32.2. The third kappa shape index (κ3) is 5.61. The first kappa shape index (κ1) is 22.5. The van der Waals surface area contributed by atoms with Gasteiger partial charge in [-0.1, -0.05) is 31.2 Å². The maximum atomic E-state index is 12.5. The number of aromatic nitrogens is 3. The van der Waals surface area contributed by atoms with Crippen LogP contribution in [0, 0.1) is 0 Å². The summed E-state index contributed by atoms with van der Waals surface area (Å²) in [7, 11) is -0.251. The summed E-state index contributed by atoms with van der Waals surface area (Å²) in [6.07, 6.45) is 1.40. The average Bonchev–Trinajstić information content (AvgIpc) is 3.15. The molecule has 0 unspecified atom stereocenters. The molecule has 0 aliphatic heterocycles. The van der Waals surface area contributed by atoms with E-state index in [4.69, 9.17) is 0 Å². The van der Waals surface area contributed by atoms with Crippen molar-refractivity contribution >= 4 is 21.8 Å². The summed E-state index contributed by atoms with van der Waals surface area (Å²) in [6, 6.07) is 6.36. The second-order valence-corrected chi connectivity index (χ2v) is 8.44. The Bertz CT molecular complexity index is 949. The molecule has 0 bridgehead atoms. The highest BCUT2D eigenvalue weighted by molar-refractivity contribution is 7.89. The van der Waals surface area contributed by atoms with Gasteiger partial charge < -0.3 is 10.2 Å². The van der Waals surface area contributed by atoms with Crippen molar-refractivity contribution in [2.24, 2.45) is 0 Å². The maximum absolute atomic E-state index is 12.5. The number of rotatable bonds is 9. The van der Waals surface area contributed by atoms with E-state index in [0.29, 0.717) is 13.1 Å². The van der Waals surface area contributed by atoms with Crippen LogP contribution in [0.1, 0.15) is 29.9 Å². The van der Waals surface area contributed by atoms with Crippen molar-refractivity contribution in [3.63, 3.8) is 0 Å². The first-order valence-electron chi connectivity index (χ1n) is 9.16. The van der Waals surface area contributed by atoms with E-state index in [9.17, 15) is 18.0 Å². The fourth-order valence-corrected chi connectivity index (χ4v) is 3.98. The van der Waals surface area contributed by atoms with Gasteiger partial charge in [-0.25, -0.2) is 13.1 Å². The number of sulfonamides is 1. The highest BCUT2D eigenvalue weighted by Gasteiger charge is 2.21. The van der Waals surface area contributed by atoms with Crippen LogP contribution in [-0.4, -0.2) is 71.6 Å². The molecule has 0 spiro atoms. The molecule has 2 aromatic rings. The van der Waals surface area contributed by atoms with Gasteiger partial charge in [-0.15, -0.1) is 5.10 Å². The molecule has 2 rings (SSSR count). The van der Waals surface area contributed by atoms with Gasteiger partial charge in [-0.05, 0) is 17.7 Å². The molecule has 11 heteroatoms. The van der Waals surface area contributed by atoms with E-state index in [0.717, 1.165) is 5.56 Å². The summed E-state index contributed by atoms with van der Waals surface area (Å²) in [5, 5.41) is 10.2. The van der Waals surface area contributed by atoms with Gasteiger partial charge in [-0.2, -0.15) is 4.31 Å². The molecule has 1 heterocycles. The van der Waals surface area contributed by atoms with Gasteiger partial charge >= 0.3 is 0 Å². The Morgan fingerprint density at radius 2 is 1.72 bits per heavy atom. The molecule has 0 saturated heterocycles. The van der Waals surface area contributed by atoms with Crippen LogP contribution in [0.3, 0.4) is 0 Å². The molecule has 10 nitrogen and oxygen atoms in total. The predicted octanol–water partition coefficient (Wildman–Crippen LogP) is 0.327. The summed E-state index contributed by atoms with van der Waals surface area (Å²) in [5.41, 5.74) is 0.837. The molecule has 0 saturated carbocycles. The zero-order valence-electron chi connectivity index (χ0n) is 17.0. The third-order valence-electron chi connectivity index (χ3n) is 4.29. The Morgan fingerprint density at radius 3 is 2.28 bits per heavy atom. The lowest BCUT2D eigenvalue weighted by Gasteiger charge is -2.18. The zero-order chi connectivity index (χ0) is 21.6. The Kier molecular flexibility index (Phi) is 7.46. The van der Waals surface area contributed by atoms with Gasteiger partial charge in [-0.3, -0.25) is 9.59 Å². The number of benzene rings is 1. The topological polar surface area (TPSA) is 117 Å². The molecule has 0 fully saturated rings. The minimum Gasteiger partial charge on any atom is -0.347 e. The Hall–Kier alpha value is -2.79. The first-order chi connectivity index (χ1) is 13.7. The second-order valence-electron chi connectivity index (χ2n) is 6.51. The number of hydrogen-bond acceptors (Lipinski definition) is 6. The quantitative estimate of drug-likeness (QED) is 0.622. The minimum absolute atomic E-state index is 0.00421. The van der Waals surface area contributed by atoms with E-state index in [-0.39, 0.29) is 29.6 Å². The summed E-state index contributed by atoms with van der Waals surface area (Å²) < 4.78 is 27.7. The lowest BCUT2D eigenvalue weighted by atomic mass is 10.2. The average molecular weight is 423 g/mol. The highest BCUT2D eigenvalue weighted by Crippen LogP contribution is 2.16. The molecule has 1 aromatic carbocycles. The molecule has 0 atom stereocenters. The Balaban J connectivity index is 1.97. The van der Waals surface area contributed by atoms with Crippen molar-refractivity contribution in [3.8, 4) is 0 Å². The number of carbonyl (C=O) groups is 2. The molecule has 158 valence electrons. The van der Waals surface area contributed by atoms with Crippen LogP contribution in [0.25, 0.3) is 0 Å². The van der Waals surface area contributed by atoms with Gasteiger partial charge in [0.25, 0.3) is 5.91 Å². The molecular formula is C18H26N6O4S. The molecule has 2 amide bonds. The first-order valence-corrected chi connectivity index (χ1v) is 10.6. The van der Waals surface area contributed by atoms with Gasteiger partial charge in [0.1, 0.15) is 6.54 Å². The summed E-state index contributed by atoms with van der Waals surface area (Å²) in [6.45, 7) is 4.58. The number of carbonyl (C=O) groups excluding carboxylic acids is 2. The van der Waals surface area contributed by atoms with Crippen molar-refractivity contribution < 1.29 is 18.0 Å². The Labute approximate surface area is 170 Å². The molecule has 0 radical (unpaired) electrons. The molecule has 1 N–H and O–H groups in total. The number of nitrogens with one attached hydrogen (secondary N) is 1.